The lowest BCUT2D eigenvalue weighted by atomic mass is 9.48. The lowest BCUT2D eigenvalue weighted by molar-refractivity contribution is -0.127. The van der Waals surface area contributed by atoms with Gasteiger partial charge in [0.15, 0.2) is 0 Å². The van der Waals surface area contributed by atoms with Crippen LogP contribution in [0, 0.1) is 23.2 Å². The number of ketones is 1. The first-order valence-corrected chi connectivity index (χ1v) is 8.76. The molecule has 0 aromatic heterocycles. The maximum absolute atomic E-state index is 12.5. The van der Waals surface area contributed by atoms with E-state index in [-0.39, 0.29) is 0 Å². The van der Waals surface area contributed by atoms with Crippen molar-refractivity contribution >= 4 is 5.78 Å². The lowest BCUT2D eigenvalue weighted by Gasteiger charge is -2.56. The molecule has 0 spiro atoms. The van der Waals surface area contributed by atoms with Crippen molar-refractivity contribution in [3.05, 3.63) is 35.9 Å². The molecule has 0 heterocycles. The number of carbonyl (C=O) groups excluding carboxylic acids is 1. The highest BCUT2D eigenvalue weighted by atomic mass is 16.1. The first-order chi connectivity index (χ1) is 10.2. The summed E-state index contributed by atoms with van der Waals surface area (Å²) in [6.45, 7) is 0. The third-order valence-electron chi connectivity index (χ3n) is 6.27. The number of Topliss-reactive ketones (excluding diaryl/α,β-unsaturated/α-hetero) is 1. The molecule has 112 valence electrons. The van der Waals surface area contributed by atoms with Gasteiger partial charge >= 0.3 is 0 Å². The van der Waals surface area contributed by atoms with Gasteiger partial charge in [0.2, 0.25) is 0 Å². The number of carbonyl (C=O) groups is 1. The van der Waals surface area contributed by atoms with Crippen LogP contribution < -0.4 is 0 Å². The molecule has 0 saturated heterocycles. The molecule has 4 bridgehead atoms. The van der Waals surface area contributed by atoms with Crippen LogP contribution in [-0.4, -0.2) is 5.78 Å². The maximum Gasteiger partial charge on any atom is 0.133 e. The van der Waals surface area contributed by atoms with Gasteiger partial charge in [0.25, 0.3) is 0 Å². The van der Waals surface area contributed by atoms with Crippen LogP contribution in [0.5, 0.6) is 0 Å². The molecule has 4 aliphatic rings. The van der Waals surface area contributed by atoms with Crippen molar-refractivity contribution in [3.63, 3.8) is 0 Å². The zero-order valence-electron chi connectivity index (χ0n) is 12.9. The maximum atomic E-state index is 12.5. The Bertz CT molecular complexity index is 481. The summed E-state index contributed by atoms with van der Waals surface area (Å²) in [5.41, 5.74) is 1.72. The molecule has 1 heteroatoms. The second-order valence-electron chi connectivity index (χ2n) is 8.12. The van der Waals surface area contributed by atoms with E-state index in [0.29, 0.717) is 11.2 Å². The summed E-state index contributed by atoms with van der Waals surface area (Å²) in [4.78, 5) is 12.5. The normalized spacial score (nSPS) is 36.9. The van der Waals surface area contributed by atoms with Crippen LogP contribution in [0.4, 0.5) is 0 Å². The fraction of sp³-hybridized carbons (Fsp3) is 0.650. The minimum Gasteiger partial charge on any atom is -0.300 e. The van der Waals surface area contributed by atoms with Gasteiger partial charge in [-0.1, -0.05) is 30.3 Å². The lowest BCUT2D eigenvalue weighted by Crippen LogP contribution is -2.46. The van der Waals surface area contributed by atoms with Crippen LogP contribution in [0.3, 0.4) is 0 Å². The van der Waals surface area contributed by atoms with E-state index in [1.54, 1.807) is 0 Å². The Hall–Kier alpha value is -1.11. The highest BCUT2D eigenvalue weighted by molar-refractivity contribution is 5.79. The van der Waals surface area contributed by atoms with Gasteiger partial charge in [0, 0.05) is 12.8 Å². The third kappa shape index (κ3) is 2.80. The van der Waals surface area contributed by atoms with Gasteiger partial charge in [-0.2, -0.15) is 0 Å². The smallest absolute Gasteiger partial charge is 0.133 e. The quantitative estimate of drug-likeness (QED) is 0.758. The molecule has 4 saturated carbocycles. The SMILES string of the molecule is O=C(CCc1ccccc1)CC12CC3CC(CC(C3)C1)C2. The molecule has 1 nitrogen and oxygen atoms in total. The van der Waals surface area contributed by atoms with Gasteiger partial charge in [-0.25, -0.2) is 0 Å². The summed E-state index contributed by atoms with van der Waals surface area (Å²) in [7, 11) is 0. The Morgan fingerprint density at radius 1 is 0.952 bits per heavy atom. The fourth-order valence-electron chi connectivity index (χ4n) is 5.94. The molecule has 1 aromatic carbocycles. The molecule has 5 rings (SSSR count). The Morgan fingerprint density at radius 2 is 1.52 bits per heavy atom. The van der Waals surface area contributed by atoms with Gasteiger partial charge in [-0.3, -0.25) is 4.79 Å². The molecule has 21 heavy (non-hydrogen) atoms. The zero-order valence-corrected chi connectivity index (χ0v) is 12.9. The second-order valence-corrected chi connectivity index (χ2v) is 8.12. The predicted molar refractivity (Wildman–Crippen MR) is 85.0 cm³/mol. The second kappa shape index (κ2) is 5.26. The zero-order chi connectivity index (χ0) is 14.3. The summed E-state index contributed by atoms with van der Waals surface area (Å²) >= 11 is 0. The summed E-state index contributed by atoms with van der Waals surface area (Å²) in [6, 6.07) is 10.5. The minimum absolute atomic E-state index is 0.419. The van der Waals surface area contributed by atoms with Crippen molar-refractivity contribution in [1.29, 1.82) is 0 Å². The van der Waals surface area contributed by atoms with E-state index in [1.165, 1.54) is 44.1 Å². The fourth-order valence-corrected chi connectivity index (χ4v) is 5.94. The first kappa shape index (κ1) is 13.5. The molecule has 0 amide bonds. The number of hydrogen-bond acceptors (Lipinski definition) is 1. The van der Waals surface area contributed by atoms with E-state index in [4.69, 9.17) is 0 Å². The van der Waals surface area contributed by atoms with Crippen LogP contribution in [-0.2, 0) is 11.2 Å². The number of rotatable bonds is 5. The molecule has 0 radical (unpaired) electrons. The highest BCUT2D eigenvalue weighted by Gasteiger charge is 2.51. The topological polar surface area (TPSA) is 17.1 Å². The Labute approximate surface area is 128 Å². The Morgan fingerprint density at radius 3 is 2.10 bits per heavy atom. The molecule has 0 N–H and O–H groups in total. The predicted octanol–water partition coefficient (Wildman–Crippen LogP) is 4.79. The summed E-state index contributed by atoms with van der Waals surface area (Å²) in [6.07, 6.45) is 11.0. The van der Waals surface area contributed by atoms with E-state index in [1.807, 2.05) is 6.07 Å². The van der Waals surface area contributed by atoms with Crippen LogP contribution >= 0.6 is 0 Å². The number of aryl methyl sites for hydroxylation is 1. The summed E-state index contributed by atoms with van der Waals surface area (Å²) in [5, 5.41) is 0. The molecule has 0 unspecified atom stereocenters. The third-order valence-corrected chi connectivity index (χ3v) is 6.27. The van der Waals surface area contributed by atoms with Crippen molar-refractivity contribution in [2.45, 2.75) is 57.8 Å². The average Bonchev–Trinajstić information content (AvgIpc) is 2.44. The standard InChI is InChI=1S/C20H26O/c21-19(7-6-15-4-2-1-3-5-15)14-20-11-16-8-17(12-20)10-18(9-16)13-20/h1-5,16-18H,6-14H2. The molecule has 0 atom stereocenters. The van der Waals surface area contributed by atoms with Gasteiger partial charge < -0.3 is 0 Å². The van der Waals surface area contributed by atoms with Crippen LogP contribution in [0.15, 0.2) is 30.3 Å². The van der Waals surface area contributed by atoms with Gasteiger partial charge in [0.1, 0.15) is 5.78 Å². The summed E-state index contributed by atoms with van der Waals surface area (Å²) in [5.74, 6) is 3.38. The van der Waals surface area contributed by atoms with Gasteiger partial charge in [0.05, 0.1) is 0 Å². The molecular formula is C20H26O. The van der Waals surface area contributed by atoms with E-state index in [0.717, 1.165) is 37.0 Å². The minimum atomic E-state index is 0.419. The number of hydrogen-bond donors (Lipinski definition) is 0. The Kier molecular flexibility index (Phi) is 3.40. The van der Waals surface area contributed by atoms with Gasteiger partial charge in [-0.05, 0) is 73.7 Å². The highest BCUT2D eigenvalue weighted by Crippen LogP contribution is 2.61. The molecular weight excluding hydrogens is 256 g/mol. The average molecular weight is 282 g/mol. The van der Waals surface area contributed by atoms with Crippen LogP contribution in [0.1, 0.15) is 56.9 Å². The molecule has 4 fully saturated rings. The van der Waals surface area contributed by atoms with Crippen molar-refractivity contribution in [2.24, 2.45) is 23.2 Å². The van der Waals surface area contributed by atoms with E-state index in [2.05, 4.69) is 24.3 Å². The van der Waals surface area contributed by atoms with E-state index in [9.17, 15) is 4.79 Å². The van der Waals surface area contributed by atoms with Crippen molar-refractivity contribution in [2.75, 3.05) is 0 Å². The van der Waals surface area contributed by atoms with Gasteiger partial charge in [-0.15, -0.1) is 0 Å². The van der Waals surface area contributed by atoms with Crippen molar-refractivity contribution in [3.8, 4) is 0 Å². The van der Waals surface area contributed by atoms with Crippen LogP contribution in [0.2, 0.25) is 0 Å². The number of benzene rings is 1. The van der Waals surface area contributed by atoms with E-state index < -0.39 is 0 Å². The van der Waals surface area contributed by atoms with Crippen LogP contribution in [0.25, 0.3) is 0 Å². The van der Waals surface area contributed by atoms with Crippen molar-refractivity contribution < 1.29 is 4.79 Å². The van der Waals surface area contributed by atoms with E-state index >= 15 is 0 Å². The monoisotopic (exact) mass is 282 g/mol. The molecule has 0 aliphatic heterocycles. The molecule has 1 aromatic rings. The Balaban J connectivity index is 1.36. The first-order valence-electron chi connectivity index (χ1n) is 8.76. The summed E-state index contributed by atoms with van der Waals surface area (Å²) < 4.78 is 0. The molecule has 4 aliphatic carbocycles. The largest absolute Gasteiger partial charge is 0.300 e. The van der Waals surface area contributed by atoms with Crippen molar-refractivity contribution in [1.82, 2.24) is 0 Å².